The maximum Gasteiger partial charge on any atom is 0.307 e. The van der Waals surface area contributed by atoms with Crippen molar-refractivity contribution in [3.63, 3.8) is 0 Å². The predicted octanol–water partition coefficient (Wildman–Crippen LogP) is 2.39. The molecule has 0 spiro atoms. The van der Waals surface area contributed by atoms with Crippen LogP contribution in [0.15, 0.2) is 18.2 Å². The molecular weight excluding hydrogens is 197 g/mol. The molecule has 1 N–H and O–H groups in total. The Hall–Kier alpha value is -1.52. The first kappa shape index (κ1) is 10.6. The van der Waals surface area contributed by atoms with E-state index in [9.17, 15) is 18.0 Å². The smallest absolute Gasteiger partial charge is 0.307 e. The van der Waals surface area contributed by atoms with Crippen molar-refractivity contribution < 1.29 is 23.1 Å². The number of hydrogen-bond donors (Lipinski definition) is 1. The highest BCUT2D eigenvalue weighted by molar-refractivity contribution is 5.70. The number of carboxylic acid groups (broad SMARTS) is 1. The first-order chi connectivity index (χ1) is 6.50. The van der Waals surface area contributed by atoms with Crippen molar-refractivity contribution in [2.24, 2.45) is 0 Å². The molecule has 1 rings (SSSR count). The SMILES string of the molecule is O=C(O)Cc1ccc(C(F)F)cc1F. The summed E-state index contributed by atoms with van der Waals surface area (Å²) in [5.41, 5.74) is -0.543. The van der Waals surface area contributed by atoms with Gasteiger partial charge in [0.2, 0.25) is 0 Å². The van der Waals surface area contributed by atoms with Crippen molar-refractivity contribution in [2.45, 2.75) is 12.8 Å². The molecule has 0 aliphatic carbocycles. The molecule has 0 radical (unpaired) electrons. The monoisotopic (exact) mass is 204 g/mol. The molecule has 5 heteroatoms. The van der Waals surface area contributed by atoms with Crippen molar-refractivity contribution in [3.05, 3.63) is 35.1 Å². The van der Waals surface area contributed by atoms with E-state index in [-0.39, 0.29) is 5.56 Å². The molecule has 0 aromatic heterocycles. The summed E-state index contributed by atoms with van der Waals surface area (Å²) in [6, 6.07) is 2.74. The minimum Gasteiger partial charge on any atom is -0.481 e. The van der Waals surface area contributed by atoms with Gasteiger partial charge in [0.1, 0.15) is 5.82 Å². The van der Waals surface area contributed by atoms with E-state index in [2.05, 4.69) is 0 Å². The van der Waals surface area contributed by atoms with Crippen molar-refractivity contribution >= 4 is 5.97 Å². The third-order valence-electron chi connectivity index (χ3n) is 1.67. The summed E-state index contributed by atoms with van der Waals surface area (Å²) in [7, 11) is 0. The fourth-order valence-corrected chi connectivity index (χ4v) is 1.01. The Bertz CT molecular complexity index is 350. The number of hydrogen-bond acceptors (Lipinski definition) is 1. The summed E-state index contributed by atoms with van der Waals surface area (Å²) in [6.07, 6.45) is -3.25. The highest BCUT2D eigenvalue weighted by atomic mass is 19.3. The van der Waals surface area contributed by atoms with Gasteiger partial charge in [0.25, 0.3) is 6.43 Å². The van der Waals surface area contributed by atoms with Gasteiger partial charge in [-0.2, -0.15) is 0 Å². The molecule has 0 saturated carbocycles. The van der Waals surface area contributed by atoms with Gasteiger partial charge in [-0.25, -0.2) is 13.2 Å². The largest absolute Gasteiger partial charge is 0.481 e. The highest BCUT2D eigenvalue weighted by Gasteiger charge is 2.12. The third-order valence-corrected chi connectivity index (χ3v) is 1.67. The second kappa shape index (κ2) is 4.13. The van der Waals surface area contributed by atoms with Crippen LogP contribution in [-0.4, -0.2) is 11.1 Å². The fourth-order valence-electron chi connectivity index (χ4n) is 1.01. The van der Waals surface area contributed by atoms with Gasteiger partial charge < -0.3 is 5.11 Å². The molecule has 0 saturated heterocycles. The van der Waals surface area contributed by atoms with E-state index in [1.165, 1.54) is 0 Å². The van der Waals surface area contributed by atoms with E-state index in [0.717, 1.165) is 12.1 Å². The van der Waals surface area contributed by atoms with Crippen LogP contribution in [0.1, 0.15) is 17.6 Å². The number of benzene rings is 1. The van der Waals surface area contributed by atoms with Crippen LogP contribution in [0.2, 0.25) is 0 Å². The van der Waals surface area contributed by atoms with Crippen molar-refractivity contribution in [1.29, 1.82) is 0 Å². The molecule has 1 aromatic rings. The minimum absolute atomic E-state index is 0.0955. The predicted molar refractivity (Wildman–Crippen MR) is 42.7 cm³/mol. The van der Waals surface area contributed by atoms with Crippen LogP contribution >= 0.6 is 0 Å². The molecule has 1 aromatic carbocycles. The molecule has 14 heavy (non-hydrogen) atoms. The Morgan fingerprint density at radius 2 is 2.07 bits per heavy atom. The summed E-state index contributed by atoms with van der Waals surface area (Å²) in [5.74, 6) is -2.11. The van der Waals surface area contributed by atoms with Crippen molar-refractivity contribution in [1.82, 2.24) is 0 Å². The molecule has 0 atom stereocenters. The maximum absolute atomic E-state index is 13.0. The van der Waals surface area contributed by atoms with Gasteiger partial charge in [-0.15, -0.1) is 0 Å². The zero-order chi connectivity index (χ0) is 10.7. The lowest BCUT2D eigenvalue weighted by molar-refractivity contribution is -0.136. The van der Waals surface area contributed by atoms with E-state index in [1.54, 1.807) is 0 Å². The van der Waals surface area contributed by atoms with Gasteiger partial charge in [0.05, 0.1) is 6.42 Å². The molecule has 0 aliphatic heterocycles. The zero-order valence-corrected chi connectivity index (χ0v) is 7.01. The van der Waals surface area contributed by atoms with Crippen LogP contribution < -0.4 is 0 Å². The Kier molecular flexibility index (Phi) is 3.11. The summed E-state index contributed by atoms with van der Waals surface area (Å²) in [6.45, 7) is 0. The molecule has 76 valence electrons. The van der Waals surface area contributed by atoms with E-state index < -0.39 is 30.2 Å². The van der Waals surface area contributed by atoms with Gasteiger partial charge in [-0.1, -0.05) is 12.1 Å². The average molecular weight is 204 g/mol. The maximum atomic E-state index is 13.0. The van der Waals surface area contributed by atoms with Crippen LogP contribution in [0.25, 0.3) is 0 Å². The molecule has 0 unspecified atom stereocenters. The van der Waals surface area contributed by atoms with Gasteiger partial charge >= 0.3 is 5.97 Å². The second-order valence-electron chi connectivity index (χ2n) is 2.72. The van der Waals surface area contributed by atoms with Crippen LogP contribution in [0.5, 0.6) is 0 Å². The molecule has 2 nitrogen and oxygen atoms in total. The molecule has 0 bridgehead atoms. The fraction of sp³-hybridized carbons (Fsp3) is 0.222. The van der Waals surface area contributed by atoms with Crippen molar-refractivity contribution in [2.75, 3.05) is 0 Å². The number of carboxylic acids is 1. The molecule has 0 fully saturated rings. The topological polar surface area (TPSA) is 37.3 Å². The average Bonchev–Trinajstić information content (AvgIpc) is 2.07. The lowest BCUT2D eigenvalue weighted by Gasteiger charge is -2.03. The summed E-state index contributed by atoms with van der Waals surface area (Å²) in [4.78, 5) is 10.2. The Morgan fingerprint density at radius 3 is 2.50 bits per heavy atom. The summed E-state index contributed by atoms with van der Waals surface area (Å²) in [5, 5.41) is 8.36. The highest BCUT2D eigenvalue weighted by Crippen LogP contribution is 2.21. The lowest BCUT2D eigenvalue weighted by Crippen LogP contribution is -2.03. The number of carbonyl (C=O) groups is 1. The third kappa shape index (κ3) is 2.48. The summed E-state index contributed by atoms with van der Waals surface area (Å²) < 4.78 is 37.1. The first-order valence-corrected chi connectivity index (χ1v) is 3.79. The molecule has 0 amide bonds. The van der Waals surface area contributed by atoms with Crippen LogP contribution in [0, 0.1) is 5.82 Å². The van der Waals surface area contributed by atoms with Crippen LogP contribution in [0.4, 0.5) is 13.2 Å². The number of alkyl halides is 2. The van der Waals surface area contributed by atoms with E-state index >= 15 is 0 Å². The molecule has 0 heterocycles. The Balaban J connectivity index is 2.95. The Labute approximate surface area is 78.0 Å². The second-order valence-corrected chi connectivity index (χ2v) is 2.72. The summed E-state index contributed by atoms with van der Waals surface area (Å²) >= 11 is 0. The van der Waals surface area contributed by atoms with Crippen LogP contribution in [-0.2, 0) is 11.2 Å². The normalized spacial score (nSPS) is 10.6. The lowest BCUT2D eigenvalue weighted by atomic mass is 10.1. The minimum atomic E-state index is -2.75. The zero-order valence-electron chi connectivity index (χ0n) is 7.01. The quantitative estimate of drug-likeness (QED) is 0.820. The Morgan fingerprint density at radius 1 is 1.43 bits per heavy atom. The van der Waals surface area contributed by atoms with Crippen LogP contribution in [0.3, 0.4) is 0 Å². The van der Waals surface area contributed by atoms with E-state index in [4.69, 9.17) is 5.11 Å². The van der Waals surface area contributed by atoms with Gasteiger partial charge in [0.15, 0.2) is 0 Å². The van der Waals surface area contributed by atoms with Crippen molar-refractivity contribution in [3.8, 4) is 0 Å². The van der Waals surface area contributed by atoms with E-state index in [0.29, 0.717) is 6.07 Å². The molecular formula is C9H7F3O2. The van der Waals surface area contributed by atoms with Gasteiger partial charge in [-0.3, -0.25) is 4.79 Å². The molecule has 0 aliphatic rings. The van der Waals surface area contributed by atoms with Gasteiger partial charge in [-0.05, 0) is 11.6 Å². The number of halogens is 3. The first-order valence-electron chi connectivity index (χ1n) is 3.79. The standard InChI is InChI=1S/C9H7F3O2/c10-7-3-6(9(11)12)2-1-5(7)4-8(13)14/h1-3,9H,4H2,(H,13,14). The van der Waals surface area contributed by atoms with Gasteiger partial charge in [0, 0.05) is 5.56 Å². The number of rotatable bonds is 3. The number of aliphatic carboxylic acids is 1. The van der Waals surface area contributed by atoms with E-state index in [1.807, 2.05) is 0 Å².